The Morgan fingerprint density at radius 3 is 2.76 bits per heavy atom. The number of amides is 1. The van der Waals surface area contributed by atoms with E-state index in [0.29, 0.717) is 11.8 Å². The highest BCUT2D eigenvalue weighted by atomic mass is 16.5. The van der Waals surface area contributed by atoms with Gasteiger partial charge in [0.25, 0.3) is 0 Å². The molecule has 1 saturated heterocycles. The Morgan fingerprint density at radius 1 is 1.33 bits per heavy atom. The van der Waals surface area contributed by atoms with Gasteiger partial charge in [0.1, 0.15) is 0 Å². The van der Waals surface area contributed by atoms with E-state index in [0.717, 1.165) is 24.2 Å². The number of anilines is 1. The number of nitrogens with zero attached hydrogens (tertiary/aromatic N) is 1. The van der Waals surface area contributed by atoms with E-state index in [1.165, 1.54) is 5.56 Å². The number of aryl methyl sites for hydroxylation is 1. The molecule has 0 unspecified atom stereocenters. The van der Waals surface area contributed by atoms with Crippen LogP contribution in [0.25, 0.3) is 0 Å². The molecule has 21 heavy (non-hydrogen) atoms. The lowest BCUT2D eigenvalue weighted by atomic mass is 9.96. The second-order valence-electron chi connectivity index (χ2n) is 5.52. The molecule has 1 aromatic carbocycles. The summed E-state index contributed by atoms with van der Waals surface area (Å²) in [4.78, 5) is 12.3. The van der Waals surface area contributed by atoms with E-state index in [4.69, 9.17) is 4.52 Å². The standard InChI is InChI=1S/C16H19N3O2/c1-10-11(2)19-21-16(10)18-15(20)14-8-13(9-17-14)12-6-4-3-5-7-12/h3-7,13-14,17H,8-9H2,1-2H3,(H,18,20)/t13-,14+/m1/s1. The van der Waals surface area contributed by atoms with Crippen LogP contribution in [0.4, 0.5) is 5.88 Å². The second kappa shape index (κ2) is 5.69. The second-order valence-corrected chi connectivity index (χ2v) is 5.52. The molecule has 0 aliphatic carbocycles. The van der Waals surface area contributed by atoms with Crippen molar-refractivity contribution in [3.8, 4) is 0 Å². The fourth-order valence-corrected chi connectivity index (χ4v) is 2.65. The summed E-state index contributed by atoms with van der Waals surface area (Å²) in [5.74, 6) is 0.759. The Morgan fingerprint density at radius 2 is 2.10 bits per heavy atom. The summed E-state index contributed by atoms with van der Waals surface area (Å²) in [6.07, 6.45) is 0.794. The van der Waals surface area contributed by atoms with Crippen molar-refractivity contribution < 1.29 is 9.32 Å². The summed E-state index contributed by atoms with van der Waals surface area (Å²) >= 11 is 0. The zero-order valence-electron chi connectivity index (χ0n) is 12.2. The van der Waals surface area contributed by atoms with Crippen LogP contribution < -0.4 is 10.6 Å². The van der Waals surface area contributed by atoms with Crippen molar-refractivity contribution in [2.75, 3.05) is 11.9 Å². The molecule has 0 saturated carbocycles. The highest BCUT2D eigenvalue weighted by Gasteiger charge is 2.31. The molecule has 2 heterocycles. The third-order valence-corrected chi connectivity index (χ3v) is 4.11. The lowest BCUT2D eigenvalue weighted by molar-refractivity contribution is -0.117. The first kappa shape index (κ1) is 13.8. The van der Waals surface area contributed by atoms with Gasteiger partial charge in [-0.25, -0.2) is 0 Å². The van der Waals surface area contributed by atoms with Crippen LogP contribution in [0.15, 0.2) is 34.9 Å². The Labute approximate surface area is 123 Å². The molecule has 1 amide bonds. The lowest BCUT2D eigenvalue weighted by Gasteiger charge is -2.10. The first-order chi connectivity index (χ1) is 10.1. The summed E-state index contributed by atoms with van der Waals surface area (Å²) in [6, 6.07) is 10.1. The lowest BCUT2D eigenvalue weighted by Crippen LogP contribution is -2.35. The number of benzene rings is 1. The summed E-state index contributed by atoms with van der Waals surface area (Å²) in [5.41, 5.74) is 2.94. The van der Waals surface area contributed by atoms with Gasteiger partial charge in [0, 0.05) is 12.1 Å². The normalized spacial score (nSPS) is 21.4. The Balaban J connectivity index is 1.63. The van der Waals surface area contributed by atoms with Crippen LogP contribution in [0.2, 0.25) is 0 Å². The summed E-state index contributed by atoms with van der Waals surface area (Å²) in [7, 11) is 0. The van der Waals surface area contributed by atoms with Gasteiger partial charge in [0.15, 0.2) is 0 Å². The van der Waals surface area contributed by atoms with Crippen molar-refractivity contribution >= 4 is 11.8 Å². The first-order valence-electron chi connectivity index (χ1n) is 7.17. The van der Waals surface area contributed by atoms with E-state index in [-0.39, 0.29) is 11.9 Å². The Hall–Kier alpha value is -2.14. The summed E-state index contributed by atoms with van der Waals surface area (Å²) in [6.45, 7) is 4.56. The van der Waals surface area contributed by atoms with Gasteiger partial charge in [0.2, 0.25) is 11.8 Å². The molecular formula is C16H19N3O2. The zero-order valence-corrected chi connectivity index (χ0v) is 12.2. The van der Waals surface area contributed by atoms with E-state index >= 15 is 0 Å². The van der Waals surface area contributed by atoms with Crippen molar-refractivity contribution in [1.82, 2.24) is 10.5 Å². The maximum atomic E-state index is 12.3. The Kier molecular flexibility index (Phi) is 3.75. The molecule has 0 spiro atoms. The van der Waals surface area contributed by atoms with Gasteiger partial charge in [-0.3, -0.25) is 10.1 Å². The minimum absolute atomic E-state index is 0.0623. The Bertz CT molecular complexity index is 636. The van der Waals surface area contributed by atoms with Crippen LogP contribution in [-0.4, -0.2) is 23.7 Å². The molecule has 0 radical (unpaired) electrons. The molecule has 0 bridgehead atoms. The summed E-state index contributed by atoms with van der Waals surface area (Å²) in [5, 5.41) is 9.94. The summed E-state index contributed by atoms with van der Waals surface area (Å²) < 4.78 is 5.13. The first-order valence-corrected chi connectivity index (χ1v) is 7.17. The van der Waals surface area contributed by atoms with E-state index in [1.54, 1.807) is 0 Å². The quantitative estimate of drug-likeness (QED) is 0.908. The zero-order chi connectivity index (χ0) is 14.8. The molecule has 1 fully saturated rings. The number of nitrogens with one attached hydrogen (secondary N) is 2. The van der Waals surface area contributed by atoms with Crippen molar-refractivity contribution in [3.63, 3.8) is 0 Å². The molecular weight excluding hydrogens is 266 g/mol. The van der Waals surface area contributed by atoms with Gasteiger partial charge in [-0.05, 0) is 31.7 Å². The molecule has 5 heteroatoms. The van der Waals surface area contributed by atoms with Crippen LogP contribution in [-0.2, 0) is 4.79 Å². The van der Waals surface area contributed by atoms with Crippen LogP contribution in [0, 0.1) is 13.8 Å². The van der Waals surface area contributed by atoms with Gasteiger partial charge in [-0.1, -0.05) is 35.5 Å². The number of hydrogen-bond acceptors (Lipinski definition) is 4. The molecule has 1 aliphatic rings. The third kappa shape index (κ3) is 2.83. The predicted molar refractivity (Wildman–Crippen MR) is 80.2 cm³/mol. The van der Waals surface area contributed by atoms with E-state index < -0.39 is 0 Å². The van der Waals surface area contributed by atoms with E-state index in [1.807, 2.05) is 32.0 Å². The minimum atomic E-state index is -0.194. The number of rotatable bonds is 3. The minimum Gasteiger partial charge on any atom is -0.338 e. The van der Waals surface area contributed by atoms with Crippen molar-refractivity contribution in [2.24, 2.45) is 0 Å². The van der Waals surface area contributed by atoms with E-state index in [2.05, 4.69) is 27.9 Å². The molecule has 110 valence electrons. The number of hydrogen-bond donors (Lipinski definition) is 2. The van der Waals surface area contributed by atoms with Gasteiger partial charge < -0.3 is 9.84 Å². The van der Waals surface area contributed by atoms with E-state index in [9.17, 15) is 4.79 Å². The largest absolute Gasteiger partial charge is 0.338 e. The molecule has 2 aromatic rings. The molecule has 5 nitrogen and oxygen atoms in total. The monoisotopic (exact) mass is 285 g/mol. The highest BCUT2D eigenvalue weighted by Crippen LogP contribution is 2.26. The maximum Gasteiger partial charge on any atom is 0.243 e. The predicted octanol–water partition coefficient (Wildman–Crippen LogP) is 2.38. The molecule has 2 N–H and O–H groups in total. The van der Waals surface area contributed by atoms with Gasteiger partial charge >= 0.3 is 0 Å². The van der Waals surface area contributed by atoms with Crippen LogP contribution in [0.1, 0.15) is 29.2 Å². The highest BCUT2D eigenvalue weighted by molar-refractivity contribution is 5.94. The van der Waals surface area contributed by atoms with Crippen LogP contribution >= 0.6 is 0 Å². The number of aromatic nitrogens is 1. The smallest absolute Gasteiger partial charge is 0.243 e. The number of carbonyl (C=O) groups is 1. The van der Waals surface area contributed by atoms with Crippen molar-refractivity contribution in [1.29, 1.82) is 0 Å². The average Bonchev–Trinajstić information content (AvgIpc) is 3.11. The molecule has 3 rings (SSSR count). The molecule has 1 aromatic heterocycles. The van der Waals surface area contributed by atoms with Crippen molar-refractivity contribution in [2.45, 2.75) is 32.2 Å². The molecule has 1 aliphatic heterocycles. The molecule has 2 atom stereocenters. The van der Waals surface area contributed by atoms with Crippen LogP contribution in [0.5, 0.6) is 0 Å². The topological polar surface area (TPSA) is 67.2 Å². The van der Waals surface area contributed by atoms with Gasteiger partial charge in [0.05, 0.1) is 11.7 Å². The maximum absolute atomic E-state index is 12.3. The average molecular weight is 285 g/mol. The van der Waals surface area contributed by atoms with Crippen molar-refractivity contribution in [3.05, 3.63) is 47.2 Å². The third-order valence-electron chi connectivity index (χ3n) is 4.11. The SMILES string of the molecule is Cc1noc(NC(=O)[C@@H]2C[C@@H](c3ccccc3)CN2)c1C. The fourth-order valence-electron chi connectivity index (χ4n) is 2.65. The fraction of sp³-hybridized carbons (Fsp3) is 0.375. The van der Waals surface area contributed by atoms with Crippen LogP contribution in [0.3, 0.4) is 0 Å². The van der Waals surface area contributed by atoms with Gasteiger partial charge in [-0.2, -0.15) is 0 Å². The number of carbonyl (C=O) groups excluding carboxylic acids is 1. The van der Waals surface area contributed by atoms with Gasteiger partial charge in [-0.15, -0.1) is 0 Å².